The van der Waals surface area contributed by atoms with E-state index in [-0.39, 0.29) is 0 Å². The predicted molar refractivity (Wildman–Crippen MR) is 54.8 cm³/mol. The van der Waals surface area contributed by atoms with E-state index in [0.717, 1.165) is 6.42 Å². The van der Waals surface area contributed by atoms with Crippen molar-refractivity contribution < 1.29 is 0 Å². The largest absolute Gasteiger partial charge is 0.309 e. The summed E-state index contributed by atoms with van der Waals surface area (Å²) in [5, 5.41) is 0. The fourth-order valence-corrected chi connectivity index (χ4v) is 1.30. The van der Waals surface area contributed by atoms with E-state index in [0.29, 0.717) is 0 Å². The first-order chi connectivity index (χ1) is 5.91. The summed E-state index contributed by atoms with van der Waals surface area (Å²) < 4.78 is 0. The van der Waals surface area contributed by atoms with Crippen LogP contribution in [0.5, 0.6) is 0 Å². The lowest BCUT2D eigenvalue weighted by Crippen LogP contribution is -1.78. The summed E-state index contributed by atoms with van der Waals surface area (Å²) in [5.74, 6) is 0. The molecule has 0 aliphatic heterocycles. The monoisotopic (exact) mass is 168 g/mol. The molecular formula is C11H22N. The average molecular weight is 168 g/mol. The van der Waals surface area contributed by atoms with Gasteiger partial charge in [0, 0.05) is 6.20 Å². The minimum atomic E-state index is 1.09. The fourth-order valence-electron chi connectivity index (χ4n) is 1.30. The van der Waals surface area contributed by atoms with Crippen molar-refractivity contribution in [1.82, 2.24) is 5.73 Å². The number of hydrogen-bond acceptors (Lipinski definition) is 0. The summed E-state index contributed by atoms with van der Waals surface area (Å²) in [6.45, 7) is 2.25. The van der Waals surface area contributed by atoms with Gasteiger partial charge in [-0.25, -0.2) is 0 Å². The molecule has 0 aromatic rings. The first kappa shape index (κ1) is 11.5. The Bertz CT molecular complexity index is 97.2. The second kappa shape index (κ2) is 10.5. The lowest BCUT2D eigenvalue weighted by molar-refractivity contribution is 0.592. The molecule has 1 nitrogen and oxygen atoms in total. The summed E-state index contributed by atoms with van der Waals surface area (Å²) >= 11 is 0. The Hall–Kier alpha value is -0.460. The van der Waals surface area contributed by atoms with Crippen LogP contribution in [0.25, 0.3) is 0 Å². The molecular weight excluding hydrogens is 146 g/mol. The minimum Gasteiger partial charge on any atom is -0.309 e. The Morgan fingerprint density at radius 1 is 0.917 bits per heavy atom. The molecule has 0 aliphatic carbocycles. The van der Waals surface area contributed by atoms with Crippen LogP contribution in [-0.2, 0) is 0 Å². The van der Waals surface area contributed by atoms with Crippen molar-refractivity contribution in [2.75, 3.05) is 0 Å². The molecule has 71 valence electrons. The molecule has 0 aromatic carbocycles. The van der Waals surface area contributed by atoms with E-state index in [2.05, 4.69) is 6.92 Å². The number of unbranched alkanes of at least 4 members (excludes halogenated alkanes) is 7. The third-order valence-corrected chi connectivity index (χ3v) is 2.09. The summed E-state index contributed by atoms with van der Waals surface area (Å²) in [6.07, 6.45) is 14.0. The summed E-state index contributed by atoms with van der Waals surface area (Å²) in [4.78, 5) is 0. The summed E-state index contributed by atoms with van der Waals surface area (Å²) in [5.41, 5.74) is 6.79. The first-order valence-electron chi connectivity index (χ1n) is 5.24. The van der Waals surface area contributed by atoms with Crippen molar-refractivity contribution in [1.29, 1.82) is 0 Å². The van der Waals surface area contributed by atoms with Crippen LogP contribution in [0.3, 0.4) is 0 Å². The Morgan fingerprint density at radius 2 is 1.50 bits per heavy atom. The van der Waals surface area contributed by atoms with Gasteiger partial charge in [0.05, 0.1) is 0 Å². The van der Waals surface area contributed by atoms with Gasteiger partial charge in [0.1, 0.15) is 0 Å². The second-order valence-corrected chi connectivity index (χ2v) is 3.31. The van der Waals surface area contributed by atoms with E-state index >= 15 is 0 Å². The zero-order valence-corrected chi connectivity index (χ0v) is 8.31. The Balaban J connectivity index is 2.81. The molecule has 1 heteroatoms. The summed E-state index contributed by atoms with van der Waals surface area (Å²) in [7, 11) is 0. The molecule has 0 atom stereocenters. The third kappa shape index (κ3) is 9.54. The van der Waals surface area contributed by atoms with Crippen LogP contribution in [0.2, 0.25) is 0 Å². The van der Waals surface area contributed by atoms with Crippen molar-refractivity contribution in [2.45, 2.75) is 58.3 Å². The number of allylic oxidation sites excluding steroid dienone is 1. The lowest BCUT2D eigenvalue weighted by Gasteiger charge is -1.98. The molecule has 0 aliphatic rings. The zero-order valence-electron chi connectivity index (χ0n) is 8.31. The molecule has 0 aromatic heterocycles. The summed E-state index contributed by atoms with van der Waals surface area (Å²) in [6, 6.07) is 0. The van der Waals surface area contributed by atoms with E-state index in [1.807, 2.05) is 6.08 Å². The quantitative estimate of drug-likeness (QED) is 0.490. The standard InChI is InChI=1S/C11H22N/c1-2-3-4-5-6-7-8-9-10-11-12/h10-12H,2-9H2,1H3. The number of nitrogens with one attached hydrogen (secondary N) is 1. The van der Waals surface area contributed by atoms with Crippen LogP contribution >= 0.6 is 0 Å². The molecule has 0 saturated carbocycles. The molecule has 0 spiro atoms. The molecule has 0 bridgehead atoms. The molecule has 1 N–H and O–H groups in total. The highest BCUT2D eigenvalue weighted by Crippen LogP contribution is 2.08. The minimum absolute atomic E-state index is 1.09. The van der Waals surface area contributed by atoms with E-state index < -0.39 is 0 Å². The highest BCUT2D eigenvalue weighted by Gasteiger charge is 1.88. The van der Waals surface area contributed by atoms with E-state index in [4.69, 9.17) is 5.73 Å². The van der Waals surface area contributed by atoms with Gasteiger partial charge in [-0.2, -0.15) is 0 Å². The van der Waals surface area contributed by atoms with Gasteiger partial charge in [0.25, 0.3) is 0 Å². The van der Waals surface area contributed by atoms with Crippen molar-refractivity contribution in [3.05, 3.63) is 12.3 Å². The van der Waals surface area contributed by atoms with Crippen molar-refractivity contribution in [3.63, 3.8) is 0 Å². The maximum absolute atomic E-state index is 6.79. The van der Waals surface area contributed by atoms with Crippen LogP contribution in [0.4, 0.5) is 0 Å². The van der Waals surface area contributed by atoms with Crippen molar-refractivity contribution in [2.24, 2.45) is 0 Å². The number of hydrogen-bond donors (Lipinski definition) is 0. The van der Waals surface area contributed by atoms with Crippen LogP contribution in [0.1, 0.15) is 58.3 Å². The topological polar surface area (TPSA) is 23.8 Å². The van der Waals surface area contributed by atoms with Gasteiger partial charge in [0.2, 0.25) is 0 Å². The van der Waals surface area contributed by atoms with Gasteiger partial charge in [-0.15, -0.1) is 0 Å². The van der Waals surface area contributed by atoms with Gasteiger partial charge >= 0.3 is 0 Å². The van der Waals surface area contributed by atoms with Crippen LogP contribution in [-0.4, -0.2) is 0 Å². The molecule has 0 rings (SSSR count). The van der Waals surface area contributed by atoms with Gasteiger partial charge in [0.15, 0.2) is 0 Å². The van der Waals surface area contributed by atoms with E-state index in [1.54, 1.807) is 0 Å². The SMILES string of the molecule is CCCCCCCCCC=C[NH]. The van der Waals surface area contributed by atoms with Crippen LogP contribution < -0.4 is 5.73 Å². The fraction of sp³-hybridized carbons (Fsp3) is 0.818. The maximum Gasteiger partial charge on any atom is 0.0137 e. The van der Waals surface area contributed by atoms with Gasteiger partial charge in [-0.05, 0) is 12.8 Å². The van der Waals surface area contributed by atoms with Crippen molar-refractivity contribution in [3.8, 4) is 0 Å². The lowest BCUT2D eigenvalue weighted by atomic mass is 10.1. The van der Waals surface area contributed by atoms with Gasteiger partial charge in [-0.1, -0.05) is 51.5 Å². The predicted octanol–water partition coefficient (Wildman–Crippen LogP) is 3.92. The smallest absolute Gasteiger partial charge is 0.0137 e. The molecule has 0 saturated heterocycles. The highest BCUT2D eigenvalue weighted by atomic mass is 14.5. The van der Waals surface area contributed by atoms with Crippen LogP contribution in [0.15, 0.2) is 12.3 Å². The molecule has 0 amide bonds. The Labute approximate surface area is 77.0 Å². The third-order valence-electron chi connectivity index (χ3n) is 2.09. The molecule has 12 heavy (non-hydrogen) atoms. The van der Waals surface area contributed by atoms with E-state index in [9.17, 15) is 0 Å². The van der Waals surface area contributed by atoms with E-state index in [1.165, 1.54) is 51.1 Å². The Morgan fingerprint density at radius 3 is 2.08 bits per heavy atom. The second-order valence-electron chi connectivity index (χ2n) is 3.31. The normalized spacial score (nSPS) is 11.1. The van der Waals surface area contributed by atoms with Gasteiger partial charge < -0.3 is 5.73 Å². The van der Waals surface area contributed by atoms with Crippen LogP contribution in [0, 0.1) is 0 Å². The van der Waals surface area contributed by atoms with Crippen molar-refractivity contribution >= 4 is 0 Å². The zero-order chi connectivity index (χ0) is 9.07. The highest BCUT2D eigenvalue weighted by molar-refractivity contribution is 4.74. The maximum atomic E-state index is 6.79. The molecule has 0 unspecified atom stereocenters. The first-order valence-corrected chi connectivity index (χ1v) is 5.24. The van der Waals surface area contributed by atoms with Gasteiger partial charge in [-0.3, -0.25) is 0 Å². The molecule has 0 fully saturated rings. The molecule has 0 heterocycles. The number of rotatable bonds is 8. The average Bonchev–Trinajstić information content (AvgIpc) is 2.10. The molecule has 1 radical (unpaired) electrons. The Kier molecular flexibility index (Phi) is 10.1.